The Bertz CT molecular complexity index is 117. The van der Waals surface area contributed by atoms with Crippen LogP contribution in [0.25, 0.3) is 0 Å². The maximum Gasteiger partial charge on any atom is 0.340 e. The van der Waals surface area contributed by atoms with Gasteiger partial charge in [-0.1, -0.05) is 0 Å². The van der Waals surface area contributed by atoms with Crippen LogP contribution in [0, 0.1) is 0 Å². The quantitative estimate of drug-likeness (QED) is 0.458. The molecule has 0 bridgehead atoms. The zero-order valence-electron chi connectivity index (χ0n) is 6.48. The zero-order chi connectivity index (χ0) is 8.69. The van der Waals surface area contributed by atoms with E-state index in [0.717, 1.165) is 7.11 Å². The summed E-state index contributed by atoms with van der Waals surface area (Å²) in [7, 11) is 1.13. The van der Waals surface area contributed by atoms with E-state index in [1.807, 2.05) is 0 Å². The van der Waals surface area contributed by atoms with Gasteiger partial charge < -0.3 is 4.74 Å². The van der Waals surface area contributed by atoms with E-state index in [4.69, 9.17) is 0 Å². The van der Waals surface area contributed by atoms with Crippen molar-refractivity contribution >= 4 is 5.97 Å². The molecule has 1 unspecified atom stereocenters. The smallest absolute Gasteiger partial charge is 0.340 e. The molecule has 0 aromatic carbocycles. The van der Waals surface area contributed by atoms with Crippen molar-refractivity contribution < 1.29 is 18.3 Å². The van der Waals surface area contributed by atoms with Crippen molar-refractivity contribution in [1.82, 2.24) is 0 Å². The van der Waals surface area contributed by atoms with E-state index >= 15 is 0 Å². The lowest BCUT2D eigenvalue weighted by Crippen LogP contribution is -2.16. The summed E-state index contributed by atoms with van der Waals surface area (Å²) in [5.41, 5.74) is 0. The highest BCUT2D eigenvalue weighted by molar-refractivity contribution is 5.74. The van der Waals surface area contributed by atoms with E-state index in [0.29, 0.717) is 12.8 Å². The zero-order valence-corrected chi connectivity index (χ0v) is 6.48. The minimum absolute atomic E-state index is 0.0522. The van der Waals surface area contributed by atoms with Gasteiger partial charge in [0.05, 0.1) is 13.8 Å². The SMILES string of the molecule is COC(=O)C(F)CCCCF. The Morgan fingerprint density at radius 1 is 1.55 bits per heavy atom. The first kappa shape index (κ1) is 10.3. The highest BCUT2D eigenvalue weighted by Gasteiger charge is 2.16. The summed E-state index contributed by atoms with van der Waals surface area (Å²) in [6.07, 6.45) is -0.854. The Labute approximate surface area is 64.5 Å². The summed E-state index contributed by atoms with van der Waals surface area (Å²) in [5.74, 6) is -0.871. The molecule has 0 fully saturated rings. The highest BCUT2D eigenvalue weighted by atomic mass is 19.1. The number of alkyl halides is 2. The summed E-state index contributed by atoms with van der Waals surface area (Å²) in [6.45, 7) is -0.464. The third kappa shape index (κ3) is 4.70. The second-order valence-electron chi connectivity index (χ2n) is 2.18. The van der Waals surface area contributed by atoms with Gasteiger partial charge in [0.2, 0.25) is 0 Å². The highest BCUT2D eigenvalue weighted by Crippen LogP contribution is 2.06. The fourth-order valence-electron chi connectivity index (χ4n) is 0.664. The molecule has 66 valence electrons. The normalized spacial score (nSPS) is 12.6. The van der Waals surface area contributed by atoms with E-state index in [1.165, 1.54) is 0 Å². The summed E-state index contributed by atoms with van der Waals surface area (Å²) in [5, 5.41) is 0. The molecule has 0 spiro atoms. The van der Waals surface area contributed by atoms with Crippen molar-refractivity contribution in [3.63, 3.8) is 0 Å². The molecule has 11 heavy (non-hydrogen) atoms. The average molecular weight is 166 g/mol. The molecule has 0 saturated carbocycles. The van der Waals surface area contributed by atoms with E-state index < -0.39 is 18.8 Å². The molecule has 0 N–H and O–H groups in total. The molecule has 0 saturated heterocycles. The number of carbonyl (C=O) groups is 1. The van der Waals surface area contributed by atoms with Crippen LogP contribution in [0.5, 0.6) is 0 Å². The maximum atomic E-state index is 12.5. The van der Waals surface area contributed by atoms with Crippen LogP contribution in [-0.2, 0) is 9.53 Å². The number of esters is 1. The molecule has 0 aromatic rings. The molecule has 0 aliphatic heterocycles. The van der Waals surface area contributed by atoms with Crippen LogP contribution in [0.15, 0.2) is 0 Å². The number of halogens is 2. The number of hydrogen-bond donors (Lipinski definition) is 0. The third-order valence-electron chi connectivity index (χ3n) is 1.30. The van der Waals surface area contributed by atoms with E-state index in [9.17, 15) is 13.6 Å². The van der Waals surface area contributed by atoms with Crippen LogP contribution in [0.1, 0.15) is 19.3 Å². The summed E-state index contributed by atoms with van der Waals surface area (Å²) in [6, 6.07) is 0. The second-order valence-corrected chi connectivity index (χ2v) is 2.18. The fraction of sp³-hybridized carbons (Fsp3) is 0.857. The number of ether oxygens (including phenoxy) is 1. The van der Waals surface area contributed by atoms with Gasteiger partial charge in [0.25, 0.3) is 0 Å². The van der Waals surface area contributed by atoms with Gasteiger partial charge in [0.15, 0.2) is 6.17 Å². The molecule has 2 nitrogen and oxygen atoms in total. The van der Waals surface area contributed by atoms with E-state index in [1.54, 1.807) is 0 Å². The molecule has 0 amide bonds. The molecule has 0 rings (SSSR count). The van der Waals surface area contributed by atoms with Crippen LogP contribution < -0.4 is 0 Å². The number of rotatable bonds is 5. The van der Waals surface area contributed by atoms with Gasteiger partial charge in [0, 0.05) is 0 Å². The standard InChI is InChI=1S/C7H12F2O2/c1-11-7(10)6(9)4-2-3-5-8/h6H,2-5H2,1H3. The number of carbonyl (C=O) groups excluding carboxylic acids is 1. The Kier molecular flexibility index (Phi) is 5.70. The maximum absolute atomic E-state index is 12.5. The summed E-state index contributed by atoms with van der Waals surface area (Å²) in [4.78, 5) is 10.4. The largest absolute Gasteiger partial charge is 0.467 e. The van der Waals surface area contributed by atoms with Crippen molar-refractivity contribution in [3.05, 3.63) is 0 Å². The minimum atomic E-state index is -1.59. The Morgan fingerprint density at radius 2 is 2.18 bits per heavy atom. The Balaban J connectivity index is 3.36. The van der Waals surface area contributed by atoms with Crippen LogP contribution in [0.4, 0.5) is 8.78 Å². The second kappa shape index (κ2) is 6.07. The molecule has 0 heterocycles. The van der Waals surface area contributed by atoms with E-state index in [-0.39, 0.29) is 6.42 Å². The summed E-state index contributed by atoms with van der Waals surface area (Å²) < 4.78 is 28.1. The lowest BCUT2D eigenvalue weighted by molar-refractivity contribution is -0.146. The van der Waals surface area contributed by atoms with Crippen LogP contribution >= 0.6 is 0 Å². The number of unbranched alkanes of at least 4 members (excludes halogenated alkanes) is 1. The van der Waals surface area contributed by atoms with Crippen molar-refractivity contribution in [1.29, 1.82) is 0 Å². The van der Waals surface area contributed by atoms with Gasteiger partial charge in [-0.15, -0.1) is 0 Å². The predicted molar refractivity (Wildman–Crippen MR) is 36.7 cm³/mol. The molecule has 0 aromatic heterocycles. The lowest BCUT2D eigenvalue weighted by Gasteiger charge is -2.03. The average Bonchev–Trinajstić information content (AvgIpc) is 2.03. The third-order valence-corrected chi connectivity index (χ3v) is 1.30. The van der Waals surface area contributed by atoms with Gasteiger partial charge in [-0.25, -0.2) is 9.18 Å². The van der Waals surface area contributed by atoms with Crippen LogP contribution in [0.3, 0.4) is 0 Å². The predicted octanol–water partition coefficient (Wildman–Crippen LogP) is 1.64. The summed E-state index contributed by atoms with van der Waals surface area (Å²) >= 11 is 0. The van der Waals surface area contributed by atoms with Gasteiger partial charge in [-0.3, -0.25) is 4.39 Å². The molecular weight excluding hydrogens is 154 g/mol. The first-order valence-electron chi connectivity index (χ1n) is 3.50. The molecule has 0 radical (unpaired) electrons. The van der Waals surface area contributed by atoms with Crippen molar-refractivity contribution in [2.24, 2.45) is 0 Å². The molecular formula is C7H12F2O2. The molecule has 0 aliphatic rings. The lowest BCUT2D eigenvalue weighted by atomic mass is 10.2. The van der Waals surface area contributed by atoms with Crippen molar-refractivity contribution in [2.75, 3.05) is 13.8 Å². The fourth-order valence-corrected chi connectivity index (χ4v) is 0.664. The van der Waals surface area contributed by atoms with Gasteiger partial charge in [0.1, 0.15) is 0 Å². The molecule has 0 aliphatic carbocycles. The molecule has 4 heteroatoms. The number of hydrogen-bond acceptors (Lipinski definition) is 2. The van der Waals surface area contributed by atoms with Gasteiger partial charge >= 0.3 is 5.97 Å². The first-order chi connectivity index (χ1) is 5.22. The van der Waals surface area contributed by atoms with E-state index in [2.05, 4.69) is 4.74 Å². The van der Waals surface area contributed by atoms with Crippen molar-refractivity contribution in [2.45, 2.75) is 25.4 Å². The Hall–Kier alpha value is -0.670. The van der Waals surface area contributed by atoms with Gasteiger partial charge in [-0.2, -0.15) is 0 Å². The van der Waals surface area contributed by atoms with Crippen LogP contribution in [0.2, 0.25) is 0 Å². The van der Waals surface area contributed by atoms with Crippen LogP contribution in [-0.4, -0.2) is 25.9 Å². The Morgan fingerprint density at radius 3 is 2.64 bits per heavy atom. The topological polar surface area (TPSA) is 26.3 Å². The molecule has 1 atom stereocenters. The first-order valence-corrected chi connectivity index (χ1v) is 3.50. The monoisotopic (exact) mass is 166 g/mol. The van der Waals surface area contributed by atoms with Crippen molar-refractivity contribution in [3.8, 4) is 0 Å². The number of methoxy groups -OCH3 is 1. The van der Waals surface area contributed by atoms with Gasteiger partial charge in [-0.05, 0) is 19.3 Å². The minimum Gasteiger partial charge on any atom is -0.467 e.